The summed E-state index contributed by atoms with van der Waals surface area (Å²) in [6.45, 7) is 0. The fourth-order valence-electron chi connectivity index (χ4n) is 3.00. The molecule has 0 aliphatic carbocycles. The van der Waals surface area contributed by atoms with Crippen molar-refractivity contribution in [3.63, 3.8) is 0 Å². The Kier molecular flexibility index (Phi) is 4.53. The molecule has 27 heavy (non-hydrogen) atoms. The highest BCUT2D eigenvalue weighted by atomic mass is 32.1. The Morgan fingerprint density at radius 2 is 1.85 bits per heavy atom. The largest absolute Gasteiger partial charge is 0.293 e. The summed E-state index contributed by atoms with van der Waals surface area (Å²) in [4.78, 5) is 16.9. The van der Waals surface area contributed by atoms with Crippen LogP contribution in [0.4, 0.5) is 8.78 Å². The molecule has 2 aromatic heterocycles. The Hall–Kier alpha value is -2.93. The number of rotatable bonds is 4. The number of H-pyrrole nitrogens is 1. The van der Waals surface area contributed by atoms with Crippen molar-refractivity contribution in [3.8, 4) is 0 Å². The first-order valence-corrected chi connectivity index (χ1v) is 8.82. The maximum atomic E-state index is 14.1. The molecular formula is C20H15F2N3OS. The van der Waals surface area contributed by atoms with Gasteiger partial charge in [0.05, 0.1) is 10.9 Å². The molecule has 1 unspecified atom stereocenters. The second-order valence-electron chi connectivity index (χ2n) is 6.20. The third-order valence-electron chi connectivity index (χ3n) is 4.32. The summed E-state index contributed by atoms with van der Waals surface area (Å²) in [5.74, 6) is -1.95. The standard InChI is InChI=1S/C20H15F2N3OS/c21-15-8-4-7-14(19(15)22)20(27)16-11-18(26)25-17(23-16)10-13(24-25)9-12-5-2-1-3-6-12/h1-8,10-11,20,24,27H,9H2. The molecule has 1 N–H and O–H groups in total. The molecule has 2 heterocycles. The molecule has 4 nitrogen and oxygen atoms in total. The lowest BCUT2D eigenvalue weighted by molar-refractivity contribution is 0.500. The second kappa shape index (κ2) is 7.00. The normalized spacial score (nSPS) is 12.4. The minimum atomic E-state index is -0.988. The maximum Gasteiger partial charge on any atom is 0.272 e. The van der Waals surface area contributed by atoms with Crippen molar-refractivity contribution in [2.24, 2.45) is 0 Å². The lowest BCUT2D eigenvalue weighted by atomic mass is 10.1. The van der Waals surface area contributed by atoms with E-state index in [1.807, 2.05) is 30.3 Å². The van der Waals surface area contributed by atoms with Crippen LogP contribution in [0.3, 0.4) is 0 Å². The van der Waals surface area contributed by atoms with E-state index in [0.717, 1.165) is 17.3 Å². The summed E-state index contributed by atoms with van der Waals surface area (Å²) >= 11 is 4.36. The predicted molar refractivity (Wildman–Crippen MR) is 102 cm³/mol. The summed E-state index contributed by atoms with van der Waals surface area (Å²) in [6.07, 6.45) is 0.613. The molecule has 0 bridgehead atoms. The molecule has 0 fully saturated rings. The Labute approximate surface area is 158 Å². The summed E-state index contributed by atoms with van der Waals surface area (Å²) in [6, 6.07) is 16.7. The van der Waals surface area contributed by atoms with Crippen molar-refractivity contribution < 1.29 is 8.78 Å². The van der Waals surface area contributed by atoms with E-state index in [1.54, 1.807) is 6.07 Å². The molecule has 2 aromatic carbocycles. The lowest BCUT2D eigenvalue weighted by Gasteiger charge is -2.11. The highest BCUT2D eigenvalue weighted by Gasteiger charge is 2.19. The number of nitrogens with zero attached hydrogens (tertiary/aromatic N) is 2. The van der Waals surface area contributed by atoms with Gasteiger partial charge in [-0.15, -0.1) is 0 Å². The molecule has 0 saturated heterocycles. The zero-order valence-electron chi connectivity index (χ0n) is 14.1. The number of thiol groups is 1. The number of nitrogens with one attached hydrogen (secondary N) is 1. The molecule has 1 atom stereocenters. The van der Waals surface area contributed by atoms with Crippen LogP contribution in [-0.2, 0) is 6.42 Å². The third kappa shape index (κ3) is 3.38. The highest BCUT2D eigenvalue weighted by Crippen LogP contribution is 2.29. The van der Waals surface area contributed by atoms with Gasteiger partial charge in [-0.25, -0.2) is 18.3 Å². The van der Waals surface area contributed by atoms with Gasteiger partial charge in [0.25, 0.3) is 5.56 Å². The van der Waals surface area contributed by atoms with Crippen LogP contribution in [0, 0.1) is 11.6 Å². The van der Waals surface area contributed by atoms with E-state index in [0.29, 0.717) is 12.1 Å². The van der Waals surface area contributed by atoms with E-state index in [1.165, 1.54) is 22.7 Å². The van der Waals surface area contributed by atoms with Gasteiger partial charge in [-0.3, -0.25) is 9.89 Å². The average Bonchev–Trinajstić information content (AvgIpc) is 3.07. The topological polar surface area (TPSA) is 50.2 Å². The molecule has 136 valence electrons. The van der Waals surface area contributed by atoms with Crippen molar-refractivity contribution in [2.45, 2.75) is 11.7 Å². The van der Waals surface area contributed by atoms with Crippen LogP contribution in [0.15, 0.2) is 65.5 Å². The van der Waals surface area contributed by atoms with E-state index >= 15 is 0 Å². The van der Waals surface area contributed by atoms with Crippen molar-refractivity contribution >= 4 is 18.3 Å². The van der Waals surface area contributed by atoms with Gasteiger partial charge in [-0.1, -0.05) is 42.5 Å². The zero-order chi connectivity index (χ0) is 19.0. The number of fused-ring (bicyclic) bond motifs is 1. The van der Waals surface area contributed by atoms with Gasteiger partial charge in [0, 0.05) is 29.8 Å². The first kappa shape index (κ1) is 17.5. The van der Waals surface area contributed by atoms with Crippen LogP contribution >= 0.6 is 12.6 Å². The SMILES string of the molecule is O=c1cc(C(S)c2cccc(F)c2F)nc2cc(Cc3ccccc3)[nH]n12. The Morgan fingerprint density at radius 3 is 2.63 bits per heavy atom. The number of benzene rings is 2. The molecule has 0 spiro atoms. The van der Waals surface area contributed by atoms with E-state index in [9.17, 15) is 13.6 Å². The van der Waals surface area contributed by atoms with Gasteiger partial charge in [-0.05, 0) is 11.6 Å². The van der Waals surface area contributed by atoms with Crippen LogP contribution in [0.25, 0.3) is 5.65 Å². The maximum absolute atomic E-state index is 14.1. The first-order chi connectivity index (χ1) is 13.0. The monoisotopic (exact) mass is 383 g/mol. The Bertz CT molecular complexity index is 1170. The Morgan fingerprint density at radius 1 is 1.07 bits per heavy atom. The van der Waals surface area contributed by atoms with Crippen LogP contribution in [0.5, 0.6) is 0 Å². The zero-order valence-corrected chi connectivity index (χ0v) is 15.0. The molecular weight excluding hydrogens is 368 g/mol. The fourth-order valence-corrected chi connectivity index (χ4v) is 3.33. The van der Waals surface area contributed by atoms with Crippen LogP contribution in [0.1, 0.15) is 27.8 Å². The number of hydrogen-bond donors (Lipinski definition) is 2. The minimum Gasteiger partial charge on any atom is -0.293 e. The average molecular weight is 383 g/mol. The van der Waals surface area contributed by atoms with Crippen molar-refractivity contribution in [1.29, 1.82) is 0 Å². The van der Waals surface area contributed by atoms with E-state index in [4.69, 9.17) is 0 Å². The van der Waals surface area contributed by atoms with Crippen molar-refractivity contribution in [3.05, 3.63) is 105 Å². The Balaban J connectivity index is 1.73. The van der Waals surface area contributed by atoms with Gasteiger partial charge in [-0.2, -0.15) is 12.6 Å². The fraction of sp³-hybridized carbons (Fsp3) is 0.100. The highest BCUT2D eigenvalue weighted by molar-refractivity contribution is 7.80. The molecule has 0 aliphatic heterocycles. The van der Waals surface area contributed by atoms with Gasteiger partial charge < -0.3 is 0 Å². The first-order valence-electron chi connectivity index (χ1n) is 8.30. The lowest BCUT2D eigenvalue weighted by Crippen LogP contribution is -2.17. The number of halogens is 2. The molecule has 4 rings (SSSR count). The predicted octanol–water partition coefficient (Wildman–Crippen LogP) is 3.91. The summed E-state index contributed by atoms with van der Waals surface area (Å²) in [5.41, 5.74) is 2.26. The molecule has 7 heteroatoms. The second-order valence-corrected chi connectivity index (χ2v) is 6.72. The summed E-state index contributed by atoms with van der Waals surface area (Å²) in [5, 5.41) is 2.17. The molecule has 0 saturated carbocycles. The van der Waals surface area contributed by atoms with Crippen LogP contribution in [0.2, 0.25) is 0 Å². The number of hydrogen-bond acceptors (Lipinski definition) is 3. The number of aromatic amines is 1. The number of aromatic nitrogens is 3. The van der Waals surface area contributed by atoms with E-state index in [2.05, 4.69) is 22.7 Å². The summed E-state index contributed by atoms with van der Waals surface area (Å²) in [7, 11) is 0. The van der Waals surface area contributed by atoms with Gasteiger partial charge in [0.1, 0.15) is 0 Å². The smallest absolute Gasteiger partial charge is 0.272 e. The van der Waals surface area contributed by atoms with Gasteiger partial charge in [0.15, 0.2) is 17.3 Å². The van der Waals surface area contributed by atoms with E-state index < -0.39 is 16.9 Å². The quantitative estimate of drug-likeness (QED) is 0.525. The molecule has 0 aliphatic rings. The van der Waals surface area contributed by atoms with Crippen molar-refractivity contribution in [2.75, 3.05) is 0 Å². The molecule has 0 amide bonds. The molecule has 4 aromatic rings. The summed E-state index contributed by atoms with van der Waals surface area (Å²) < 4.78 is 28.9. The third-order valence-corrected chi connectivity index (χ3v) is 4.86. The van der Waals surface area contributed by atoms with Crippen LogP contribution in [-0.4, -0.2) is 14.6 Å². The molecule has 0 radical (unpaired) electrons. The van der Waals surface area contributed by atoms with Crippen LogP contribution < -0.4 is 5.56 Å². The van der Waals surface area contributed by atoms with Gasteiger partial charge in [0.2, 0.25) is 0 Å². The minimum absolute atomic E-state index is 0.0367. The van der Waals surface area contributed by atoms with E-state index in [-0.39, 0.29) is 16.8 Å². The van der Waals surface area contributed by atoms with Gasteiger partial charge >= 0.3 is 0 Å². The van der Waals surface area contributed by atoms with Crippen molar-refractivity contribution in [1.82, 2.24) is 14.6 Å².